The standard InChI is InChI=1S/C13H18N2O2/c1-10-4-3-5-12(14-10)15-8-6-11(7-9-15)13(16)17-2/h3-5,11H,6-9H2,1-2H3. The van der Waals surface area contributed by atoms with Gasteiger partial charge in [0.05, 0.1) is 13.0 Å². The topological polar surface area (TPSA) is 42.4 Å². The average molecular weight is 234 g/mol. The van der Waals surface area contributed by atoms with Crippen LogP contribution >= 0.6 is 0 Å². The molecule has 92 valence electrons. The summed E-state index contributed by atoms with van der Waals surface area (Å²) >= 11 is 0. The summed E-state index contributed by atoms with van der Waals surface area (Å²) in [6.45, 7) is 3.73. The maximum atomic E-state index is 11.4. The second-order valence-electron chi connectivity index (χ2n) is 4.42. The van der Waals surface area contributed by atoms with Crippen molar-refractivity contribution in [2.24, 2.45) is 5.92 Å². The SMILES string of the molecule is COC(=O)C1CCN(c2cccc(C)n2)CC1. The molecule has 1 aliphatic rings. The Hall–Kier alpha value is -1.58. The maximum Gasteiger partial charge on any atom is 0.308 e. The number of hydrogen-bond acceptors (Lipinski definition) is 4. The Balaban J connectivity index is 1.97. The molecular formula is C13H18N2O2. The van der Waals surface area contributed by atoms with Crippen molar-refractivity contribution in [1.82, 2.24) is 4.98 Å². The summed E-state index contributed by atoms with van der Waals surface area (Å²) in [5, 5.41) is 0. The van der Waals surface area contributed by atoms with Gasteiger partial charge in [-0.05, 0) is 31.9 Å². The third-order valence-electron chi connectivity index (χ3n) is 3.23. The number of pyridine rings is 1. The van der Waals surface area contributed by atoms with Crippen molar-refractivity contribution < 1.29 is 9.53 Å². The summed E-state index contributed by atoms with van der Waals surface area (Å²) in [4.78, 5) is 18.1. The Morgan fingerprint density at radius 2 is 2.12 bits per heavy atom. The van der Waals surface area contributed by atoms with Crippen LogP contribution in [0.1, 0.15) is 18.5 Å². The first-order chi connectivity index (χ1) is 8.20. The number of piperidine rings is 1. The number of hydrogen-bond donors (Lipinski definition) is 0. The zero-order valence-corrected chi connectivity index (χ0v) is 10.3. The van der Waals surface area contributed by atoms with Gasteiger partial charge in [-0.2, -0.15) is 0 Å². The van der Waals surface area contributed by atoms with Gasteiger partial charge in [-0.3, -0.25) is 4.79 Å². The summed E-state index contributed by atoms with van der Waals surface area (Å²) in [5.74, 6) is 0.983. The molecular weight excluding hydrogens is 216 g/mol. The van der Waals surface area contributed by atoms with Gasteiger partial charge in [-0.1, -0.05) is 6.07 Å². The molecule has 0 aliphatic carbocycles. The highest BCUT2D eigenvalue weighted by Gasteiger charge is 2.25. The van der Waals surface area contributed by atoms with Crippen LogP contribution in [0.25, 0.3) is 0 Å². The number of ether oxygens (including phenoxy) is 1. The minimum atomic E-state index is -0.0816. The van der Waals surface area contributed by atoms with Crippen LogP contribution < -0.4 is 4.90 Å². The molecule has 0 unspecified atom stereocenters. The van der Waals surface area contributed by atoms with Crippen molar-refractivity contribution in [3.8, 4) is 0 Å². The molecule has 0 spiro atoms. The summed E-state index contributed by atoms with van der Waals surface area (Å²) in [5.41, 5.74) is 1.03. The van der Waals surface area contributed by atoms with Gasteiger partial charge in [0.15, 0.2) is 0 Å². The quantitative estimate of drug-likeness (QED) is 0.731. The highest BCUT2D eigenvalue weighted by molar-refractivity contribution is 5.72. The van der Waals surface area contributed by atoms with Gasteiger partial charge < -0.3 is 9.64 Å². The number of carbonyl (C=O) groups is 1. The molecule has 0 bridgehead atoms. The molecule has 0 aromatic carbocycles. The van der Waals surface area contributed by atoms with Crippen molar-refractivity contribution in [3.63, 3.8) is 0 Å². The Bertz CT molecular complexity index is 398. The Morgan fingerprint density at radius 1 is 1.41 bits per heavy atom. The molecule has 1 aliphatic heterocycles. The van der Waals surface area contributed by atoms with Gasteiger partial charge in [0.25, 0.3) is 0 Å². The third-order valence-corrected chi connectivity index (χ3v) is 3.23. The highest BCUT2D eigenvalue weighted by Crippen LogP contribution is 2.22. The van der Waals surface area contributed by atoms with Crippen molar-refractivity contribution >= 4 is 11.8 Å². The van der Waals surface area contributed by atoms with E-state index in [-0.39, 0.29) is 11.9 Å². The lowest BCUT2D eigenvalue weighted by Crippen LogP contribution is -2.37. The predicted octanol–water partition coefficient (Wildman–Crippen LogP) is 1.78. The van der Waals surface area contributed by atoms with Gasteiger partial charge in [-0.25, -0.2) is 4.98 Å². The molecule has 1 fully saturated rings. The van der Waals surface area contributed by atoms with Crippen LogP contribution in [-0.2, 0) is 9.53 Å². The van der Waals surface area contributed by atoms with E-state index < -0.39 is 0 Å². The summed E-state index contributed by atoms with van der Waals surface area (Å²) < 4.78 is 4.78. The van der Waals surface area contributed by atoms with Crippen LogP contribution in [-0.4, -0.2) is 31.2 Å². The molecule has 0 N–H and O–H groups in total. The van der Waals surface area contributed by atoms with Crippen molar-refractivity contribution in [2.75, 3.05) is 25.1 Å². The molecule has 17 heavy (non-hydrogen) atoms. The average Bonchev–Trinajstić information content (AvgIpc) is 2.38. The van der Waals surface area contributed by atoms with Crippen LogP contribution in [0, 0.1) is 12.8 Å². The van der Waals surface area contributed by atoms with E-state index in [0.29, 0.717) is 0 Å². The third kappa shape index (κ3) is 2.75. The van der Waals surface area contributed by atoms with E-state index in [9.17, 15) is 4.79 Å². The minimum Gasteiger partial charge on any atom is -0.469 e. The molecule has 0 atom stereocenters. The van der Waals surface area contributed by atoms with E-state index in [0.717, 1.165) is 37.4 Å². The number of aromatic nitrogens is 1. The van der Waals surface area contributed by atoms with Crippen molar-refractivity contribution in [1.29, 1.82) is 0 Å². The van der Waals surface area contributed by atoms with Crippen LogP contribution in [0.5, 0.6) is 0 Å². The number of methoxy groups -OCH3 is 1. The minimum absolute atomic E-state index is 0.0565. The fourth-order valence-corrected chi connectivity index (χ4v) is 2.22. The first-order valence-electron chi connectivity index (χ1n) is 5.97. The van der Waals surface area contributed by atoms with E-state index in [4.69, 9.17) is 4.74 Å². The molecule has 2 rings (SSSR count). The Labute approximate surface area is 102 Å². The fraction of sp³-hybridized carbons (Fsp3) is 0.538. The van der Waals surface area contributed by atoms with E-state index >= 15 is 0 Å². The fourth-order valence-electron chi connectivity index (χ4n) is 2.22. The van der Waals surface area contributed by atoms with E-state index in [1.165, 1.54) is 7.11 Å². The summed E-state index contributed by atoms with van der Waals surface area (Å²) in [7, 11) is 1.46. The number of esters is 1. The first-order valence-corrected chi connectivity index (χ1v) is 5.97. The molecule has 1 aromatic rings. The lowest BCUT2D eigenvalue weighted by Gasteiger charge is -2.31. The van der Waals surface area contributed by atoms with E-state index in [2.05, 4.69) is 9.88 Å². The number of anilines is 1. The molecule has 4 heteroatoms. The summed E-state index contributed by atoms with van der Waals surface area (Å²) in [6, 6.07) is 6.03. The van der Waals surface area contributed by atoms with Gasteiger partial charge in [0.2, 0.25) is 0 Å². The Kier molecular flexibility index (Phi) is 3.61. The monoisotopic (exact) mass is 234 g/mol. The lowest BCUT2D eigenvalue weighted by molar-refractivity contribution is -0.146. The normalized spacial score (nSPS) is 16.9. The van der Waals surface area contributed by atoms with Crippen molar-refractivity contribution in [3.05, 3.63) is 23.9 Å². The van der Waals surface area contributed by atoms with E-state index in [1.54, 1.807) is 0 Å². The second kappa shape index (κ2) is 5.17. The lowest BCUT2D eigenvalue weighted by atomic mass is 9.97. The summed E-state index contributed by atoms with van der Waals surface area (Å²) in [6.07, 6.45) is 1.70. The van der Waals surface area contributed by atoms with E-state index in [1.807, 2.05) is 25.1 Å². The van der Waals surface area contributed by atoms with Gasteiger partial charge in [0.1, 0.15) is 5.82 Å². The zero-order valence-electron chi connectivity index (χ0n) is 10.3. The predicted molar refractivity (Wildman–Crippen MR) is 65.9 cm³/mol. The zero-order chi connectivity index (χ0) is 12.3. The number of nitrogens with zero attached hydrogens (tertiary/aromatic N) is 2. The number of aryl methyl sites for hydroxylation is 1. The molecule has 0 saturated carbocycles. The molecule has 2 heterocycles. The number of carbonyl (C=O) groups excluding carboxylic acids is 1. The Morgan fingerprint density at radius 3 is 2.71 bits per heavy atom. The van der Waals surface area contributed by atoms with Gasteiger partial charge in [0, 0.05) is 18.8 Å². The largest absolute Gasteiger partial charge is 0.469 e. The van der Waals surface area contributed by atoms with Gasteiger partial charge in [-0.15, -0.1) is 0 Å². The smallest absolute Gasteiger partial charge is 0.308 e. The van der Waals surface area contributed by atoms with Crippen LogP contribution in [0.15, 0.2) is 18.2 Å². The number of rotatable bonds is 2. The molecule has 1 aromatic heterocycles. The molecule has 1 saturated heterocycles. The van der Waals surface area contributed by atoms with Crippen LogP contribution in [0.2, 0.25) is 0 Å². The maximum absolute atomic E-state index is 11.4. The van der Waals surface area contributed by atoms with Crippen LogP contribution in [0.3, 0.4) is 0 Å². The van der Waals surface area contributed by atoms with Gasteiger partial charge >= 0.3 is 5.97 Å². The molecule has 0 amide bonds. The molecule has 4 nitrogen and oxygen atoms in total. The van der Waals surface area contributed by atoms with Crippen LogP contribution in [0.4, 0.5) is 5.82 Å². The first kappa shape index (κ1) is 11.9. The second-order valence-corrected chi connectivity index (χ2v) is 4.42. The highest BCUT2D eigenvalue weighted by atomic mass is 16.5. The molecule has 0 radical (unpaired) electrons. The van der Waals surface area contributed by atoms with Crippen molar-refractivity contribution in [2.45, 2.75) is 19.8 Å².